The molecule has 2 N–H and O–H groups in total. The van der Waals surface area contributed by atoms with E-state index in [2.05, 4.69) is 11.9 Å². The predicted octanol–water partition coefficient (Wildman–Crippen LogP) is 6.43. The van der Waals surface area contributed by atoms with Gasteiger partial charge in [0.1, 0.15) is 18.9 Å². The summed E-state index contributed by atoms with van der Waals surface area (Å²) in [5, 5.41) is 16.5. The second kappa shape index (κ2) is 16.4. The fourth-order valence-corrected chi connectivity index (χ4v) is 5.35. The molecule has 1 aliphatic rings. The number of likely N-dealkylation sites (tertiary alicyclic amines) is 1. The highest BCUT2D eigenvalue weighted by molar-refractivity contribution is 7.98. The van der Waals surface area contributed by atoms with Gasteiger partial charge in [0.05, 0.1) is 0 Å². The number of alkyl halides is 3. The van der Waals surface area contributed by atoms with Crippen molar-refractivity contribution in [3.63, 3.8) is 0 Å². The number of carboxylic acids is 2. The molecule has 0 bridgehead atoms. The first kappa shape index (κ1) is 36.3. The first-order valence-corrected chi connectivity index (χ1v) is 15.2. The average molecular weight is 669 g/mol. The number of hydrogen-bond acceptors (Lipinski definition) is 6. The number of hydrogen-bond donors (Lipinski definition) is 2. The number of amides is 1. The van der Waals surface area contributed by atoms with E-state index >= 15 is 0 Å². The van der Waals surface area contributed by atoms with E-state index in [9.17, 15) is 36.6 Å². The summed E-state index contributed by atoms with van der Waals surface area (Å²) in [4.78, 5) is 38.0. The topological polar surface area (TPSA) is 107 Å². The molecule has 1 saturated heterocycles. The number of benzene rings is 3. The van der Waals surface area contributed by atoms with Crippen LogP contribution in [-0.2, 0) is 16.2 Å². The van der Waals surface area contributed by atoms with Crippen LogP contribution >= 0.6 is 11.8 Å². The molecule has 3 aromatic rings. The Labute approximate surface area is 266 Å². The summed E-state index contributed by atoms with van der Waals surface area (Å²) in [5.41, 5.74) is 2.53. The summed E-state index contributed by atoms with van der Waals surface area (Å²) in [7, 11) is 2.06. The maximum atomic E-state index is 13.8. The SMILES string of the molecule is CSc1cc(F)c(F)cc1-c1ccc(OCc2cccc(C(=O)N(CC(=O)O)CC3CCN(C)CC3)c2)cc1.O=C(O)C(F)(F)F. The lowest BCUT2D eigenvalue weighted by Crippen LogP contribution is -2.42. The highest BCUT2D eigenvalue weighted by Gasteiger charge is 2.38. The lowest BCUT2D eigenvalue weighted by atomic mass is 9.96. The lowest BCUT2D eigenvalue weighted by molar-refractivity contribution is -0.192. The molecule has 0 saturated carbocycles. The van der Waals surface area contributed by atoms with Crippen molar-refractivity contribution in [3.05, 3.63) is 83.4 Å². The first-order chi connectivity index (χ1) is 21.7. The van der Waals surface area contributed by atoms with Crippen LogP contribution in [0.1, 0.15) is 28.8 Å². The molecular formula is C32H33F5N2O6S. The number of carboxylic acid groups (broad SMARTS) is 2. The molecule has 0 aromatic heterocycles. The van der Waals surface area contributed by atoms with Gasteiger partial charge in [-0.05, 0) is 98.2 Å². The number of ether oxygens (including phenoxy) is 1. The number of piperidine rings is 1. The van der Waals surface area contributed by atoms with Gasteiger partial charge >= 0.3 is 18.1 Å². The van der Waals surface area contributed by atoms with Crippen LogP contribution in [0.25, 0.3) is 11.1 Å². The van der Waals surface area contributed by atoms with Crippen molar-refractivity contribution in [2.24, 2.45) is 5.92 Å². The van der Waals surface area contributed by atoms with Gasteiger partial charge in [-0.3, -0.25) is 9.59 Å². The second-order valence-corrected chi connectivity index (χ2v) is 11.5. The fourth-order valence-electron chi connectivity index (χ4n) is 4.74. The van der Waals surface area contributed by atoms with E-state index in [0.717, 1.165) is 37.1 Å². The Morgan fingerprint density at radius 1 is 0.978 bits per heavy atom. The van der Waals surface area contributed by atoms with E-state index in [-0.39, 0.29) is 25.0 Å². The molecule has 8 nitrogen and oxygen atoms in total. The second-order valence-electron chi connectivity index (χ2n) is 10.6. The fraction of sp³-hybridized carbons (Fsp3) is 0.344. The molecular weight excluding hydrogens is 635 g/mol. The van der Waals surface area contributed by atoms with E-state index < -0.39 is 29.7 Å². The van der Waals surface area contributed by atoms with E-state index in [1.165, 1.54) is 28.8 Å². The average Bonchev–Trinajstić information content (AvgIpc) is 3.01. The third-order valence-electron chi connectivity index (χ3n) is 7.16. The van der Waals surface area contributed by atoms with Gasteiger partial charge in [-0.25, -0.2) is 13.6 Å². The third-order valence-corrected chi connectivity index (χ3v) is 7.94. The summed E-state index contributed by atoms with van der Waals surface area (Å²) in [5.74, 6) is -5.02. The maximum absolute atomic E-state index is 13.8. The predicted molar refractivity (Wildman–Crippen MR) is 162 cm³/mol. The van der Waals surface area contributed by atoms with Gasteiger partial charge in [-0.2, -0.15) is 13.2 Å². The van der Waals surface area contributed by atoms with Crippen molar-refractivity contribution < 1.29 is 51.3 Å². The molecule has 1 aliphatic heterocycles. The van der Waals surface area contributed by atoms with Crippen LogP contribution in [0.2, 0.25) is 0 Å². The smallest absolute Gasteiger partial charge is 0.489 e. The van der Waals surface area contributed by atoms with Crippen molar-refractivity contribution in [3.8, 4) is 16.9 Å². The molecule has 46 heavy (non-hydrogen) atoms. The Hall–Kier alpha value is -4.17. The van der Waals surface area contributed by atoms with Gasteiger partial charge in [-0.15, -0.1) is 11.8 Å². The third kappa shape index (κ3) is 10.7. The Morgan fingerprint density at radius 2 is 1.59 bits per heavy atom. The number of carbonyl (C=O) groups is 3. The number of aliphatic carboxylic acids is 2. The molecule has 1 fully saturated rings. The largest absolute Gasteiger partial charge is 0.490 e. The van der Waals surface area contributed by atoms with Gasteiger partial charge in [-0.1, -0.05) is 24.3 Å². The zero-order chi connectivity index (χ0) is 34.0. The number of halogens is 5. The van der Waals surface area contributed by atoms with Crippen molar-refractivity contribution in [2.45, 2.75) is 30.5 Å². The zero-order valence-corrected chi connectivity index (χ0v) is 25.8. The van der Waals surface area contributed by atoms with Crippen molar-refractivity contribution in [1.82, 2.24) is 9.80 Å². The summed E-state index contributed by atoms with van der Waals surface area (Å²) >= 11 is 1.34. The van der Waals surface area contributed by atoms with Crippen LogP contribution < -0.4 is 4.74 Å². The van der Waals surface area contributed by atoms with Crippen molar-refractivity contribution >= 4 is 29.6 Å². The Kier molecular flexibility index (Phi) is 12.9. The Morgan fingerprint density at radius 3 is 2.15 bits per heavy atom. The maximum Gasteiger partial charge on any atom is 0.490 e. The van der Waals surface area contributed by atoms with E-state index in [4.69, 9.17) is 14.6 Å². The molecule has 14 heteroatoms. The van der Waals surface area contributed by atoms with Crippen LogP contribution in [0, 0.1) is 17.6 Å². The molecule has 248 valence electrons. The van der Waals surface area contributed by atoms with Gasteiger partial charge in [0.2, 0.25) is 0 Å². The van der Waals surface area contributed by atoms with Crippen LogP contribution in [0.15, 0.2) is 65.6 Å². The normalized spacial score (nSPS) is 13.8. The molecule has 0 atom stereocenters. The molecule has 0 spiro atoms. The molecule has 1 amide bonds. The van der Waals surface area contributed by atoms with Crippen LogP contribution in [0.4, 0.5) is 22.0 Å². The summed E-state index contributed by atoms with van der Waals surface area (Å²) in [6, 6.07) is 16.5. The van der Waals surface area contributed by atoms with Crippen LogP contribution in [0.5, 0.6) is 5.75 Å². The number of nitrogens with zero attached hydrogens (tertiary/aromatic N) is 2. The highest BCUT2D eigenvalue weighted by atomic mass is 32.2. The van der Waals surface area contributed by atoms with Gasteiger partial charge in [0, 0.05) is 17.0 Å². The summed E-state index contributed by atoms with van der Waals surface area (Å²) in [6.45, 7) is 2.16. The molecule has 0 radical (unpaired) electrons. The lowest BCUT2D eigenvalue weighted by Gasteiger charge is -2.32. The minimum Gasteiger partial charge on any atom is -0.489 e. The minimum atomic E-state index is -5.08. The number of thioether (sulfide) groups is 1. The first-order valence-electron chi connectivity index (χ1n) is 14.0. The van der Waals surface area contributed by atoms with E-state index in [1.807, 2.05) is 12.3 Å². The highest BCUT2D eigenvalue weighted by Crippen LogP contribution is 2.33. The molecule has 0 aliphatic carbocycles. The Bertz CT molecular complexity index is 1510. The van der Waals surface area contributed by atoms with Crippen molar-refractivity contribution in [1.29, 1.82) is 0 Å². The minimum absolute atomic E-state index is 0.204. The number of rotatable bonds is 10. The summed E-state index contributed by atoms with van der Waals surface area (Å²) in [6.07, 6.45) is -1.41. The van der Waals surface area contributed by atoms with Gasteiger partial charge in [0.15, 0.2) is 11.6 Å². The Balaban J connectivity index is 0.000000738. The summed E-state index contributed by atoms with van der Waals surface area (Å²) < 4.78 is 65.1. The molecule has 0 unspecified atom stereocenters. The zero-order valence-electron chi connectivity index (χ0n) is 25.0. The molecule has 1 heterocycles. The van der Waals surface area contributed by atoms with Gasteiger partial charge < -0.3 is 24.7 Å². The molecule has 4 rings (SSSR count). The van der Waals surface area contributed by atoms with Crippen LogP contribution in [0.3, 0.4) is 0 Å². The molecule has 3 aromatic carbocycles. The van der Waals surface area contributed by atoms with E-state index in [0.29, 0.717) is 28.3 Å². The standard InChI is InChI=1S/C30H32F2N2O4S.C2HF3O2/c1-33-12-10-20(11-13-33)17-34(18-29(35)36)30(37)23-5-3-4-21(14-23)19-38-24-8-6-22(7-9-24)25-15-26(31)27(32)16-28(25)39-2;3-2(4,5)1(6)7/h3-9,14-16,20H,10-13,17-19H2,1-2H3,(H,35,36);(H,6,7). The van der Waals surface area contributed by atoms with Crippen LogP contribution in [-0.4, -0.2) is 83.5 Å². The van der Waals surface area contributed by atoms with Gasteiger partial charge in [0.25, 0.3) is 5.91 Å². The van der Waals surface area contributed by atoms with Crippen molar-refractivity contribution in [2.75, 3.05) is 39.5 Å². The van der Waals surface area contributed by atoms with E-state index in [1.54, 1.807) is 42.5 Å². The quantitative estimate of drug-likeness (QED) is 0.188. The monoisotopic (exact) mass is 668 g/mol. The number of carbonyl (C=O) groups excluding carboxylic acids is 1.